The number of rotatable bonds is 9. The third-order valence-electron chi connectivity index (χ3n) is 3.13. The van der Waals surface area contributed by atoms with Gasteiger partial charge < -0.3 is 15.3 Å². The summed E-state index contributed by atoms with van der Waals surface area (Å²) in [6.07, 6.45) is 3.98. The predicted molar refractivity (Wildman–Crippen MR) is 66.7 cm³/mol. The number of carboxylic acids is 1. The van der Waals surface area contributed by atoms with Crippen molar-refractivity contribution in [3.8, 4) is 0 Å². The number of hydrogen-bond acceptors (Lipinski definition) is 3. The van der Waals surface area contributed by atoms with Gasteiger partial charge in [0.05, 0.1) is 0 Å². The Labute approximate surface area is 99.0 Å². The van der Waals surface area contributed by atoms with Crippen LogP contribution in [0.25, 0.3) is 0 Å². The standard InChI is InChI=1S/C12H26N2O2/c1-5-6-9-14(4)10-7-8-12(2,13-3)11(15)16/h13H,5-10H2,1-4H3,(H,15,16). The van der Waals surface area contributed by atoms with Crippen LogP contribution in [0.15, 0.2) is 0 Å². The maximum atomic E-state index is 11.0. The van der Waals surface area contributed by atoms with E-state index in [1.54, 1.807) is 14.0 Å². The van der Waals surface area contributed by atoms with Crippen molar-refractivity contribution < 1.29 is 9.90 Å². The van der Waals surface area contributed by atoms with Gasteiger partial charge in [-0.05, 0) is 53.4 Å². The van der Waals surface area contributed by atoms with Crippen LogP contribution in [0.3, 0.4) is 0 Å². The average molecular weight is 230 g/mol. The summed E-state index contributed by atoms with van der Waals surface area (Å²) in [5, 5.41) is 11.9. The maximum Gasteiger partial charge on any atom is 0.323 e. The lowest BCUT2D eigenvalue weighted by Crippen LogP contribution is -2.47. The highest BCUT2D eigenvalue weighted by molar-refractivity contribution is 5.78. The summed E-state index contributed by atoms with van der Waals surface area (Å²) in [5.74, 6) is -0.772. The normalized spacial score (nSPS) is 15.1. The van der Waals surface area contributed by atoms with Gasteiger partial charge in [0.25, 0.3) is 0 Å². The van der Waals surface area contributed by atoms with Crippen molar-refractivity contribution >= 4 is 5.97 Å². The van der Waals surface area contributed by atoms with Crippen LogP contribution in [-0.2, 0) is 4.79 Å². The molecule has 0 aliphatic rings. The molecule has 0 amide bonds. The molecule has 2 N–H and O–H groups in total. The molecule has 0 aromatic carbocycles. The smallest absolute Gasteiger partial charge is 0.323 e. The van der Waals surface area contributed by atoms with Crippen LogP contribution in [0, 0.1) is 0 Å². The van der Waals surface area contributed by atoms with Crippen LogP contribution in [0.1, 0.15) is 39.5 Å². The Bertz CT molecular complexity index is 209. The van der Waals surface area contributed by atoms with Crippen LogP contribution in [-0.4, -0.2) is 48.7 Å². The summed E-state index contributed by atoms with van der Waals surface area (Å²) in [7, 11) is 3.79. The topological polar surface area (TPSA) is 52.6 Å². The third-order valence-corrected chi connectivity index (χ3v) is 3.13. The highest BCUT2D eigenvalue weighted by Gasteiger charge is 2.30. The fraction of sp³-hybridized carbons (Fsp3) is 0.917. The van der Waals surface area contributed by atoms with Gasteiger partial charge in [-0.15, -0.1) is 0 Å². The van der Waals surface area contributed by atoms with E-state index in [9.17, 15) is 4.79 Å². The zero-order chi connectivity index (χ0) is 12.6. The number of carbonyl (C=O) groups is 1. The van der Waals surface area contributed by atoms with Gasteiger partial charge in [-0.2, -0.15) is 0 Å². The molecule has 4 heteroatoms. The molecule has 1 atom stereocenters. The van der Waals surface area contributed by atoms with E-state index >= 15 is 0 Å². The molecule has 0 spiro atoms. The van der Waals surface area contributed by atoms with E-state index in [4.69, 9.17) is 5.11 Å². The molecule has 0 saturated heterocycles. The van der Waals surface area contributed by atoms with Crippen molar-refractivity contribution in [2.75, 3.05) is 27.2 Å². The van der Waals surface area contributed by atoms with Gasteiger partial charge in [0, 0.05) is 0 Å². The summed E-state index contributed by atoms with van der Waals surface area (Å²) in [6, 6.07) is 0. The average Bonchev–Trinajstić information content (AvgIpc) is 2.25. The lowest BCUT2D eigenvalue weighted by molar-refractivity contribution is -0.144. The first kappa shape index (κ1) is 15.4. The zero-order valence-electron chi connectivity index (χ0n) is 11.0. The molecule has 0 bridgehead atoms. The Kier molecular flexibility index (Phi) is 7.34. The van der Waals surface area contributed by atoms with Crippen molar-refractivity contribution in [1.29, 1.82) is 0 Å². The molecule has 0 aromatic heterocycles. The second kappa shape index (κ2) is 7.63. The minimum Gasteiger partial charge on any atom is -0.480 e. The zero-order valence-corrected chi connectivity index (χ0v) is 11.0. The van der Waals surface area contributed by atoms with E-state index < -0.39 is 11.5 Å². The minimum absolute atomic E-state index is 0.662. The Morgan fingerprint density at radius 1 is 1.38 bits per heavy atom. The van der Waals surface area contributed by atoms with Crippen molar-refractivity contribution in [1.82, 2.24) is 10.2 Å². The van der Waals surface area contributed by atoms with Gasteiger partial charge in [-0.3, -0.25) is 4.79 Å². The van der Waals surface area contributed by atoms with Crippen molar-refractivity contribution in [2.45, 2.75) is 45.1 Å². The fourth-order valence-corrected chi connectivity index (χ4v) is 1.58. The minimum atomic E-state index is -0.786. The first-order valence-electron chi connectivity index (χ1n) is 6.07. The number of unbranched alkanes of at least 4 members (excludes halogenated alkanes) is 1. The lowest BCUT2D eigenvalue weighted by atomic mass is 9.96. The molecule has 16 heavy (non-hydrogen) atoms. The van der Waals surface area contributed by atoms with Crippen LogP contribution in [0.5, 0.6) is 0 Å². The quantitative estimate of drug-likeness (QED) is 0.631. The molecule has 0 rings (SSSR count). The van der Waals surface area contributed by atoms with Gasteiger partial charge >= 0.3 is 5.97 Å². The van der Waals surface area contributed by atoms with Crippen molar-refractivity contribution in [3.05, 3.63) is 0 Å². The van der Waals surface area contributed by atoms with Gasteiger partial charge in [-0.1, -0.05) is 13.3 Å². The Morgan fingerprint density at radius 2 is 1.94 bits per heavy atom. The van der Waals surface area contributed by atoms with Crippen LogP contribution in [0.2, 0.25) is 0 Å². The Hall–Kier alpha value is -0.610. The van der Waals surface area contributed by atoms with Crippen LogP contribution >= 0.6 is 0 Å². The highest BCUT2D eigenvalue weighted by atomic mass is 16.4. The summed E-state index contributed by atoms with van der Waals surface area (Å²) >= 11 is 0. The monoisotopic (exact) mass is 230 g/mol. The first-order chi connectivity index (χ1) is 7.46. The van der Waals surface area contributed by atoms with Gasteiger partial charge in [0.15, 0.2) is 0 Å². The van der Waals surface area contributed by atoms with Gasteiger partial charge in [0.2, 0.25) is 0 Å². The molecule has 4 nitrogen and oxygen atoms in total. The summed E-state index contributed by atoms with van der Waals surface area (Å²) < 4.78 is 0. The van der Waals surface area contributed by atoms with E-state index in [1.807, 2.05) is 0 Å². The molecule has 0 aliphatic heterocycles. The number of hydrogen-bond donors (Lipinski definition) is 2. The molecular weight excluding hydrogens is 204 g/mol. The molecule has 0 saturated carbocycles. The maximum absolute atomic E-state index is 11.0. The number of likely N-dealkylation sites (N-methyl/N-ethyl adjacent to an activating group) is 1. The molecular formula is C12H26N2O2. The lowest BCUT2D eigenvalue weighted by Gasteiger charge is -2.25. The molecule has 0 heterocycles. The molecule has 96 valence electrons. The second-order valence-electron chi connectivity index (χ2n) is 4.65. The highest BCUT2D eigenvalue weighted by Crippen LogP contribution is 2.12. The second-order valence-corrected chi connectivity index (χ2v) is 4.65. The molecule has 1 unspecified atom stereocenters. The van der Waals surface area contributed by atoms with E-state index in [0.717, 1.165) is 19.5 Å². The number of carboxylic acid groups (broad SMARTS) is 1. The summed E-state index contributed by atoms with van der Waals surface area (Å²) in [4.78, 5) is 13.3. The summed E-state index contributed by atoms with van der Waals surface area (Å²) in [6.45, 7) is 5.97. The van der Waals surface area contributed by atoms with E-state index in [-0.39, 0.29) is 0 Å². The fourth-order valence-electron chi connectivity index (χ4n) is 1.58. The number of nitrogens with zero attached hydrogens (tertiary/aromatic N) is 1. The van der Waals surface area contributed by atoms with Crippen molar-refractivity contribution in [2.24, 2.45) is 0 Å². The summed E-state index contributed by atoms with van der Waals surface area (Å²) in [5.41, 5.74) is -0.786. The van der Waals surface area contributed by atoms with Crippen molar-refractivity contribution in [3.63, 3.8) is 0 Å². The molecule has 0 fully saturated rings. The molecule has 0 radical (unpaired) electrons. The molecule has 0 aromatic rings. The largest absolute Gasteiger partial charge is 0.480 e. The van der Waals surface area contributed by atoms with Gasteiger partial charge in [0.1, 0.15) is 5.54 Å². The van der Waals surface area contributed by atoms with Gasteiger partial charge in [-0.25, -0.2) is 0 Å². The SMILES string of the molecule is CCCCN(C)CCCC(C)(NC)C(=O)O. The van der Waals surface area contributed by atoms with E-state index in [1.165, 1.54) is 12.8 Å². The Morgan fingerprint density at radius 3 is 2.38 bits per heavy atom. The first-order valence-corrected chi connectivity index (χ1v) is 6.07. The predicted octanol–water partition coefficient (Wildman–Crippen LogP) is 1.56. The van der Waals surface area contributed by atoms with E-state index in [0.29, 0.717) is 6.42 Å². The van der Waals surface area contributed by atoms with Crippen LogP contribution in [0.4, 0.5) is 0 Å². The molecule has 0 aliphatic carbocycles. The third kappa shape index (κ3) is 5.47. The number of aliphatic carboxylic acids is 1. The van der Waals surface area contributed by atoms with E-state index in [2.05, 4.69) is 24.2 Å². The Balaban J connectivity index is 3.82. The number of nitrogens with one attached hydrogen (secondary N) is 1. The van der Waals surface area contributed by atoms with Crippen LogP contribution < -0.4 is 5.32 Å².